The molecule has 0 aromatic heterocycles. The third kappa shape index (κ3) is 4.57. The van der Waals surface area contributed by atoms with Gasteiger partial charge in [-0.2, -0.15) is 5.26 Å². The van der Waals surface area contributed by atoms with Crippen LogP contribution in [0.3, 0.4) is 0 Å². The van der Waals surface area contributed by atoms with Crippen molar-refractivity contribution < 1.29 is 0 Å². The molecule has 3 rings (SSSR count). The largest absolute Gasteiger partial charge is 0.238 e. The predicted octanol–water partition coefficient (Wildman–Crippen LogP) is 6.45. The van der Waals surface area contributed by atoms with Crippen molar-refractivity contribution in [2.75, 3.05) is 0 Å². The third-order valence-corrected chi connectivity index (χ3v) is 3.91. The average molecular weight is 332 g/mol. The minimum absolute atomic E-state index is 0.649. The monoisotopic (exact) mass is 332 g/mol. The van der Waals surface area contributed by atoms with Gasteiger partial charge in [0.1, 0.15) is 0 Å². The summed E-state index contributed by atoms with van der Waals surface area (Å²) in [6, 6.07) is 25.4. The van der Waals surface area contributed by atoms with E-state index in [2.05, 4.69) is 35.2 Å². The molecule has 0 atom stereocenters. The quantitative estimate of drug-likeness (QED) is 0.398. The molecule has 0 spiro atoms. The molecule has 0 radical (unpaired) electrons. The smallest absolute Gasteiger partial charge is 0.187 e. The maximum atomic E-state index is 8.82. The Hall–Kier alpha value is -3.88. The Balaban J connectivity index is 1.68. The van der Waals surface area contributed by atoms with Gasteiger partial charge in [0.15, 0.2) is 5.69 Å². The minimum atomic E-state index is 0.649. The first-order chi connectivity index (χ1) is 12.8. The van der Waals surface area contributed by atoms with Gasteiger partial charge in [0.25, 0.3) is 0 Å². The molecule has 0 bridgehead atoms. The highest BCUT2D eigenvalue weighted by atomic mass is 14.6. The zero-order valence-corrected chi connectivity index (χ0v) is 14.1. The second kappa shape index (κ2) is 8.29. The molecule has 2 heteroatoms. The van der Waals surface area contributed by atoms with E-state index in [9.17, 15) is 0 Å². The van der Waals surface area contributed by atoms with E-state index in [4.69, 9.17) is 11.8 Å². The van der Waals surface area contributed by atoms with Crippen LogP contribution in [-0.4, -0.2) is 0 Å². The number of rotatable bonds is 4. The maximum absolute atomic E-state index is 8.82. The van der Waals surface area contributed by atoms with Crippen molar-refractivity contribution in [2.24, 2.45) is 0 Å². The van der Waals surface area contributed by atoms with Gasteiger partial charge in [-0.05, 0) is 40.5 Å². The number of benzene rings is 3. The van der Waals surface area contributed by atoms with E-state index >= 15 is 0 Å². The fourth-order valence-corrected chi connectivity index (χ4v) is 2.47. The lowest BCUT2D eigenvalue weighted by molar-refractivity contribution is 1.48. The van der Waals surface area contributed by atoms with Gasteiger partial charge in [-0.3, -0.25) is 0 Å². The fourth-order valence-electron chi connectivity index (χ4n) is 2.47. The summed E-state index contributed by atoms with van der Waals surface area (Å²) in [4.78, 5) is 3.45. The Kier molecular flexibility index (Phi) is 5.41. The highest BCUT2D eigenvalue weighted by molar-refractivity contribution is 5.74. The van der Waals surface area contributed by atoms with Crippen LogP contribution in [0.1, 0.15) is 27.8 Å². The van der Waals surface area contributed by atoms with E-state index < -0.39 is 0 Å². The first kappa shape index (κ1) is 17.0. The molecule has 0 aliphatic heterocycles. The molecule has 0 fully saturated rings. The van der Waals surface area contributed by atoms with Crippen LogP contribution in [0.4, 0.5) is 5.69 Å². The highest BCUT2D eigenvalue weighted by Crippen LogP contribution is 2.17. The van der Waals surface area contributed by atoms with E-state index in [0.717, 1.165) is 22.3 Å². The lowest BCUT2D eigenvalue weighted by atomic mass is 10.1. The summed E-state index contributed by atoms with van der Waals surface area (Å²) < 4.78 is 0. The summed E-state index contributed by atoms with van der Waals surface area (Å²) in [7, 11) is 0. The number of hydrogen-bond acceptors (Lipinski definition) is 1. The summed E-state index contributed by atoms with van der Waals surface area (Å²) >= 11 is 0. The molecule has 2 nitrogen and oxygen atoms in total. The Bertz CT molecular complexity index is 1030. The van der Waals surface area contributed by atoms with Crippen molar-refractivity contribution in [3.63, 3.8) is 0 Å². The van der Waals surface area contributed by atoms with Gasteiger partial charge < -0.3 is 0 Å². The van der Waals surface area contributed by atoms with Gasteiger partial charge in [0, 0.05) is 0 Å². The molecule has 0 N–H and O–H groups in total. The van der Waals surface area contributed by atoms with Gasteiger partial charge >= 0.3 is 0 Å². The van der Waals surface area contributed by atoms with Crippen LogP contribution in [-0.2, 0) is 0 Å². The summed E-state index contributed by atoms with van der Waals surface area (Å²) in [5.41, 5.74) is 5.61. The summed E-state index contributed by atoms with van der Waals surface area (Å²) in [6.07, 6.45) is 8.13. The van der Waals surface area contributed by atoms with E-state index in [1.807, 2.05) is 66.8 Å². The van der Waals surface area contributed by atoms with Crippen LogP contribution in [0.5, 0.6) is 0 Å². The van der Waals surface area contributed by atoms with E-state index in [1.165, 1.54) is 0 Å². The van der Waals surface area contributed by atoms with Crippen LogP contribution in [0.2, 0.25) is 0 Å². The normalized spacial score (nSPS) is 10.7. The van der Waals surface area contributed by atoms with E-state index in [-0.39, 0.29) is 0 Å². The maximum Gasteiger partial charge on any atom is 0.187 e. The molecule has 0 saturated carbocycles. The number of hydrogen-bond donors (Lipinski definition) is 0. The summed E-state index contributed by atoms with van der Waals surface area (Å²) in [6.45, 7) is 7.06. The van der Waals surface area contributed by atoms with Crippen LogP contribution in [0, 0.1) is 17.9 Å². The molecule has 0 aliphatic rings. The SMILES string of the molecule is [C-]#[N+]c1cccc(/C=C/c2ccc(/C=C/c3ccc(C#N)cc3)cc2)c1. The lowest BCUT2D eigenvalue weighted by Gasteiger charge is -1.98. The Labute approximate surface area is 153 Å². The predicted molar refractivity (Wildman–Crippen MR) is 108 cm³/mol. The van der Waals surface area contributed by atoms with Gasteiger partial charge in [-0.25, -0.2) is 4.85 Å². The highest BCUT2D eigenvalue weighted by Gasteiger charge is 1.93. The first-order valence-electron chi connectivity index (χ1n) is 8.21. The molecular weight excluding hydrogens is 316 g/mol. The van der Waals surface area contributed by atoms with Gasteiger partial charge in [-0.15, -0.1) is 0 Å². The van der Waals surface area contributed by atoms with Crippen LogP contribution < -0.4 is 0 Å². The summed E-state index contributed by atoms with van der Waals surface area (Å²) in [5.74, 6) is 0. The van der Waals surface area contributed by atoms with Gasteiger partial charge in [-0.1, -0.05) is 78.9 Å². The number of nitriles is 1. The van der Waals surface area contributed by atoms with E-state index in [0.29, 0.717) is 11.3 Å². The zero-order valence-electron chi connectivity index (χ0n) is 14.1. The third-order valence-electron chi connectivity index (χ3n) is 3.91. The second-order valence-electron chi connectivity index (χ2n) is 5.77. The second-order valence-corrected chi connectivity index (χ2v) is 5.77. The molecular formula is C24H16N2. The molecule has 122 valence electrons. The number of nitrogens with zero attached hydrogens (tertiary/aromatic N) is 2. The van der Waals surface area contributed by atoms with Gasteiger partial charge in [0.2, 0.25) is 0 Å². The molecule has 26 heavy (non-hydrogen) atoms. The van der Waals surface area contributed by atoms with Crippen molar-refractivity contribution in [3.05, 3.63) is 112 Å². The topological polar surface area (TPSA) is 28.1 Å². The van der Waals surface area contributed by atoms with Crippen LogP contribution in [0.15, 0.2) is 72.8 Å². The van der Waals surface area contributed by atoms with Crippen molar-refractivity contribution in [1.29, 1.82) is 5.26 Å². The zero-order chi connectivity index (χ0) is 18.2. The van der Waals surface area contributed by atoms with Crippen LogP contribution >= 0.6 is 0 Å². The molecule has 0 aliphatic carbocycles. The molecule has 3 aromatic carbocycles. The Morgan fingerprint density at radius 3 is 1.69 bits per heavy atom. The van der Waals surface area contributed by atoms with Crippen molar-refractivity contribution in [1.82, 2.24) is 0 Å². The van der Waals surface area contributed by atoms with Crippen molar-refractivity contribution >= 4 is 30.0 Å². The Morgan fingerprint density at radius 2 is 1.19 bits per heavy atom. The minimum Gasteiger partial charge on any atom is -0.238 e. The molecule has 0 unspecified atom stereocenters. The molecule has 3 aromatic rings. The first-order valence-corrected chi connectivity index (χ1v) is 8.21. The molecule has 0 amide bonds. The average Bonchev–Trinajstić information content (AvgIpc) is 2.72. The van der Waals surface area contributed by atoms with Crippen molar-refractivity contribution in [3.8, 4) is 6.07 Å². The van der Waals surface area contributed by atoms with Crippen molar-refractivity contribution in [2.45, 2.75) is 0 Å². The Morgan fingerprint density at radius 1 is 0.692 bits per heavy atom. The molecule has 0 heterocycles. The van der Waals surface area contributed by atoms with E-state index in [1.54, 1.807) is 6.07 Å². The van der Waals surface area contributed by atoms with Gasteiger partial charge in [0.05, 0.1) is 18.2 Å². The standard InChI is InChI=1S/C24H16N2/c1-26-24-4-2-3-22(17-24)14-11-20-8-5-19(6-9-20)7-10-21-12-15-23(18-25)16-13-21/h2-17H/b10-7+,14-11+. The fraction of sp³-hybridized carbons (Fsp3) is 0. The summed E-state index contributed by atoms with van der Waals surface area (Å²) in [5, 5.41) is 8.82. The van der Waals surface area contributed by atoms with Crippen LogP contribution in [0.25, 0.3) is 29.1 Å². The molecule has 0 saturated heterocycles. The lowest BCUT2D eigenvalue weighted by Crippen LogP contribution is -1.77.